The normalized spacial score (nSPS) is 12.1. The number of aromatic nitrogens is 3. The highest BCUT2D eigenvalue weighted by Crippen LogP contribution is 2.39. The lowest BCUT2D eigenvalue weighted by Crippen LogP contribution is -1.95. The van der Waals surface area contributed by atoms with Gasteiger partial charge in [0.2, 0.25) is 11.5 Å². The molecule has 0 N–H and O–H groups in total. The molecule has 0 aliphatic rings. The Balaban J connectivity index is 1.07. The molecule has 0 amide bonds. The smallest absolute Gasteiger partial charge is 0.248 e. The van der Waals surface area contributed by atoms with E-state index in [0.29, 0.717) is 5.71 Å². The fraction of sp³-hybridized carbons (Fsp3) is 0. The van der Waals surface area contributed by atoms with Crippen LogP contribution in [0.5, 0.6) is 0 Å². The molecular weight excluding hydrogens is 599 g/mol. The molecule has 0 aliphatic carbocycles. The van der Waals surface area contributed by atoms with E-state index in [1.807, 2.05) is 12.1 Å². The zero-order valence-electron chi connectivity index (χ0n) is 26.3. The Labute approximate surface area is 280 Å². The van der Waals surface area contributed by atoms with Crippen molar-refractivity contribution < 1.29 is 4.42 Å². The molecule has 8 aromatic carbocycles. The van der Waals surface area contributed by atoms with Crippen molar-refractivity contribution in [3.8, 4) is 27.9 Å². The van der Waals surface area contributed by atoms with Gasteiger partial charge in [0.05, 0.1) is 11.0 Å². The van der Waals surface area contributed by atoms with Gasteiger partial charge < -0.3 is 4.42 Å². The molecule has 3 heterocycles. The second kappa shape index (κ2) is 9.93. The summed E-state index contributed by atoms with van der Waals surface area (Å²) in [6.45, 7) is 0. The van der Waals surface area contributed by atoms with Crippen LogP contribution in [-0.4, -0.2) is 14.0 Å². The number of furan rings is 1. The Morgan fingerprint density at radius 1 is 0.408 bits per heavy atom. The molecule has 0 radical (unpaired) electrons. The Kier molecular flexibility index (Phi) is 5.35. The predicted molar refractivity (Wildman–Crippen MR) is 203 cm³/mol. The SMILES string of the molecule is c1cc(-c2cccc(-n3c4ccccc4n4c5c(nc34)oc3ccccc35)c2)cc(-c2ccc3c4ccccc4c4ccccc4c3c2)c1. The lowest BCUT2D eigenvalue weighted by molar-refractivity contribution is 0.656. The molecule has 49 heavy (non-hydrogen) atoms. The first-order chi connectivity index (χ1) is 24.3. The van der Waals surface area contributed by atoms with E-state index in [1.165, 1.54) is 49.0 Å². The summed E-state index contributed by atoms with van der Waals surface area (Å²) in [5, 5.41) is 8.79. The van der Waals surface area contributed by atoms with Crippen molar-refractivity contribution in [2.45, 2.75) is 0 Å². The van der Waals surface area contributed by atoms with E-state index in [0.717, 1.165) is 44.5 Å². The van der Waals surface area contributed by atoms with Gasteiger partial charge in [-0.15, -0.1) is 0 Å². The van der Waals surface area contributed by atoms with Gasteiger partial charge in [0.1, 0.15) is 11.1 Å². The maximum Gasteiger partial charge on any atom is 0.248 e. The third-order valence-electron chi connectivity index (χ3n) is 10.1. The first-order valence-electron chi connectivity index (χ1n) is 16.6. The number of para-hydroxylation sites is 3. The average molecular weight is 626 g/mol. The minimum atomic E-state index is 0.649. The summed E-state index contributed by atoms with van der Waals surface area (Å²) in [7, 11) is 0. The van der Waals surface area contributed by atoms with Crippen LogP contribution in [0.2, 0.25) is 0 Å². The Morgan fingerprint density at radius 2 is 0.959 bits per heavy atom. The van der Waals surface area contributed by atoms with Gasteiger partial charge in [0.15, 0.2) is 0 Å². The Hall–Kier alpha value is -6.65. The highest BCUT2D eigenvalue weighted by atomic mass is 16.3. The van der Waals surface area contributed by atoms with Crippen LogP contribution in [0, 0.1) is 0 Å². The number of benzene rings is 8. The highest BCUT2D eigenvalue weighted by Gasteiger charge is 2.21. The molecule has 0 fully saturated rings. The van der Waals surface area contributed by atoms with E-state index in [-0.39, 0.29) is 0 Å². The Morgan fingerprint density at radius 3 is 1.69 bits per heavy atom. The standard InChI is InChI=1S/C45H27N3O/c1-2-17-35-33(15-1)34-16-3-4-18-36(34)39-27-31(23-24-37(35)39)29-12-9-11-28(25-29)30-13-10-14-32(26-30)47-40-20-6-7-21-41(40)48-43-38-19-5-8-22-42(38)49-44(43)46-45(47)48/h1-27H. The van der Waals surface area contributed by atoms with Crippen molar-refractivity contribution in [3.63, 3.8) is 0 Å². The van der Waals surface area contributed by atoms with Gasteiger partial charge >= 0.3 is 0 Å². The van der Waals surface area contributed by atoms with Crippen LogP contribution in [0.25, 0.3) is 99.3 Å². The van der Waals surface area contributed by atoms with Crippen molar-refractivity contribution in [2.75, 3.05) is 0 Å². The minimum absolute atomic E-state index is 0.649. The second-order valence-electron chi connectivity index (χ2n) is 12.8. The molecule has 3 aromatic heterocycles. The molecule has 228 valence electrons. The minimum Gasteiger partial charge on any atom is -0.436 e. The molecule has 4 nitrogen and oxygen atoms in total. The zero-order valence-corrected chi connectivity index (χ0v) is 26.3. The Bertz CT molecular complexity index is 3090. The van der Waals surface area contributed by atoms with Crippen LogP contribution in [0.1, 0.15) is 0 Å². The summed E-state index contributed by atoms with van der Waals surface area (Å²) in [6.07, 6.45) is 0. The maximum absolute atomic E-state index is 6.21. The average Bonchev–Trinajstić information content (AvgIpc) is 3.81. The molecule has 0 bridgehead atoms. The topological polar surface area (TPSA) is 35.4 Å². The number of fused-ring (bicyclic) bond motifs is 13. The van der Waals surface area contributed by atoms with Gasteiger partial charge in [-0.05, 0) is 103 Å². The third-order valence-corrected chi connectivity index (χ3v) is 10.1. The number of hydrogen-bond acceptors (Lipinski definition) is 2. The van der Waals surface area contributed by atoms with Crippen LogP contribution in [0.4, 0.5) is 0 Å². The molecule has 0 aliphatic heterocycles. The van der Waals surface area contributed by atoms with Gasteiger partial charge in [-0.2, -0.15) is 4.98 Å². The lowest BCUT2D eigenvalue weighted by Gasteiger charge is -2.13. The summed E-state index contributed by atoms with van der Waals surface area (Å²) < 4.78 is 10.7. The van der Waals surface area contributed by atoms with Crippen molar-refractivity contribution >= 4 is 71.3 Å². The predicted octanol–water partition coefficient (Wildman–Crippen LogP) is 12.0. The molecule has 0 saturated carbocycles. The molecular formula is C45H27N3O. The van der Waals surface area contributed by atoms with E-state index in [2.05, 4.69) is 161 Å². The third kappa shape index (κ3) is 3.77. The quantitative estimate of drug-likeness (QED) is 0.183. The van der Waals surface area contributed by atoms with E-state index in [9.17, 15) is 0 Å². The van der Waals surface area contributed by atoms with E-state index >= 15 is 0 Å². The van der Waals surface area contributed by atoms with Gasteiger partial charge in [0.25, 0.3) is 0 Å². The molecule has 0 unspecified atom stereocenters. The maximum atomic E-state index is 6.21. The summed E-state index contributed by atoms with van der Waals surface area (Å²) in [6, 6.07) is 58.7. The molecule has 0 saturated heterocycles. The van der Waals surface area contributed by atoms with Gasteiger partial charge in [-0.25, -0.2) is 0 Å². The monoisotopic (exact) mass is 625 g/mol. The molecule has 11 aromatic rings. The van der Waals surface area contributed by atoms with Crippen LogP contribution in [0.15, 0.2) is 168 Å². The van der Waals surface area contributed by atoms with Crippen LogP contribution < -0.4 is 0 Å². The number of nitrogens with zero attached hydrogens (tertiary/aromatic N) is 3. The van der Waals surface area contributed by atoms with Crippen molar-refractivity contribution in [1.29, 1.82) is 0 Å². The first-order valence-corrected chi connectivity index (χ1v) is 16.6. The molecule has 0 atom stereocenters. The van der Waals surface area contributed by atoms with Crippen LogP contribution >= 0.6 is 0 Å². The van der Waals surface area contributed by atoms with E-state index in [4.69, 9.17) is 9.40 Å². The summed E-state index contributed by atoms with van der Waals surface area (Å²) >= 11 is 0. The number of imidazole rings is 2. The van der Waals surface area contributed by atoms with Crippen LogP contribution in [-0.2, 0) is 0 Å². The first kappa shape index (κ1) is 26.4. The number of hydrogen-bond donors (Lipinski definition) is 0. The largest absolute Gasteiger partial charge is 0.436 e. The van der Waals surface area contributed by atoms with Crippen molar-refractivity contribution in [2.24, 2.45) is 0 Å². The number of rotatable bonds is 3. The summed E-state index contributed by atoms with van der Waals surface area (Å²) in [5.74, 6) is 0.836. The molecule has 11 rings (SSSR count). The van der Waals surface area contributed by atoms with Crippen molar-refractivity contribution in [3.05, 3.63) is 164 Å². The van der Waals surface area contributed by atoms with Crippen molar-refractivity contribution in [1.82, 2.24) is 14.0 Å². The zero-order chi connectivity index (χ0) is 32.1. The van der Waals surface area contributed by atoms with Gasteiger partial charge in [-0.3, -0.25) is 8.97 Å². The summed E-state index contributed by atoms with van der Waals surface area (Å²) in [4.78, 5) is 5.05. The van der Waals surface area contributed by atoms with E-state index < -0.39 is 0 Å². The second-order valence-corrected chi connectivity index (χ2v) is 12.8. The summed E-state index contributed by atoms with van der Waals surface area (Å²) in [5.41, 5.74) is 10.4. The fourth-order valence-corrected chi connectivity index (χ4v) is 7.92. The van der Waals surface area contributed by atoms with Gasteiger partial charge in [-0.1, -0.05) is 115 Å². The van der Waals surface area contributed by atoms with Crippen LogP contribution in [0.3, 0.4) is 0 Å². The van der Waals surface area contributed by atoms with Gasteiger partial charge in [0, 0.05) is 11.1 Å². The molecule has 0 spiro atoms. The fourth-order valence-electron chi connectivity index (χ4n) is 7.92. The molecule has 4 heteroatoms. The lowest BCUT2D eigenvalue weighted by atomic mass is 9.91. The van der Waals surface area contributed by atoms with E-state index in [1.54, 1.807) is 0 Å². The highest BCUT2D eigenvalue weighted by molar-refractivity contribution is 6.25.